The molecule has 1 atom stereocenters. The molecule has 10 heavy (non-hydrogen) atoms. The van der Waals surface area contributed by atoms with Crippen LogP contribution < -0.4 is 5.32 Å². The molecule has 0 aromatic rings. The lowest BCUT2D eigenvalue weighted by Crippen LogP contribution is -2.28. The van der Waals surface area contributed by atoms with E-state index in [9.17, 15) is 0 Å². The zero-order valence-corrected chi connectivity index (χ0v) is 6.94. The van der Waals surface area contributed by atoms with E-state index in [1.54, 1.807) is 7.11 Å². The predicted molar refractivity (Wildman–Crippen MR) is 42.1 cm³/mol. The predicted octanol–water partition coefficient (Wildman–Crippen LogP) is 1.02. The second-order valence-corrected chi connectivity index (χ2v) is 3.21. The average Bonchev–Trinajstić information content (AvgIpc) is 2.39. The van der Waals surface area contributed by atoms with Gasteiger partial charge in [0.15, 0.2) is 0 Å². The molecule has 0 radical (unpaired) electrons. The van der Waals surface area contributed by atoms with E-state index in [0.717, 1.165) is 19.7 Å². The smallest absolute Gasteiger partial charge is 0.0531 e. The molecule has 1 N–H and O–H groups in total. The molecule has 0 aromatic heterocycles. The van der Waals surface area contributed by atoms with Gasteiger partial charge in [-0.3, -0.25) is 0 Å². The Hall–Kier alpha value is -0.0800. The van der Waals surface area contributed by atoms with Gasteiger partial charge in [-0.25, -0.2) is 0 Å². The highest BCUT2D eigenvalue weighted by Crippen LogP contribution is 2.28. The third-order valence-electron chi connectivity index (χ3n) is 2.53. The van der Waals surface area contributed by atoms with E-state index in [1.165, 1.54) is 12.8 Å². The van der Waals surface area contributed by atoms with E-state index in [-0.39, 0.29) is 0 Å². The van der Waals surface area contributed by atoms with Crippen LogP contribution in [0.5, 0.6) is 0 Å². The molecule has 0 aliphatic carbocycles. The van der Waals surface area contributed by atoms with Gasteiger partial charge in [0.1, 0.15) is 0 Å². The van der Waals surface area contributed by atoms with E-state index in [0.29, 0.717) is 5.41 Å². The molecule has 1 aliphatic heterocycles. The first kappa shape index (κ1) is 8.02. The van der Waals surface area contributed by atoms with Crippen LogP contribution in [0.4, 0.5) is 0 Å². The maximum Gasteiger partial charge on any atom is 0.0531 e. The van der Waals surface area contributed by atoms with Gasteiger partial charge in [0.25, 0.3) is 0 Å². The van der Waals surface area contributed by atoms with Gasteiger partial charge in [0, 0.05) is 19.1 Å². The Balaban J connectivity index is 2.41. The van der Waals surface area contributed by atoms with Crippen molar-refractivity contribution in [3.8, 4) is 0 Å². The van der Waals surface area contributed by atoms with E-state index >= 15 is 0 Å². The molecule has 1 saturated heterocycles. The van der Waals surface area contributed by atoms with Gasteiger partial charge in [0.2, 0.25) is 0 Å². The average molecular weight is 143 g/mol. The molecule has 0 saturated carbocycles. The van der Waals surface area contributed by atoms with Gasteiger partial charge < -0.3 is 10.1 Å². The lowest BCUT2D eigenvalue weighted by molar-refractivity contribution is 0.0897. The molecule has 0 bridgehead atoms. The first-order valence-corrected chi connectivity index (χ1v) is 4.03. The highest BCUT2D eigenvalue weighted by Gasteiger charge is 2.31. The summed E-state index contributed by atoms with van der Waals surface area (Å²) >= 11 is 0. The highest BCUT2D eigenvalue weighted by molar-refractivity contribution is 4.86. The quantitative estimate of drug-likeness (QED) is 0.637. The van der Waals surface area contributed by atoms with Crippen LogP contribution in [0.25, 0.3) is 0 Å². The van der Waals surface area contributed by atoms with Crippen LogP contribution >= 0.6 is 0 Å². The second kappa shape index (κ2) is 3.35. The Labute approximate surface area is 63.0 Å². The van der Waals surface area contributed by atoms with Crippen molar-refractivity contribution in [1.82, 2.24) is 5.32 Å². The maximum absolute atomic E-state index is 5.18. The molecule has 1 aliphatic rings. The van der Waals surface area contributed by atoms with Crippen molar-refractivity contribution >= 4 is 0 Å². The molecule has 0 amide bonds. The zero-order chi connectivity index (χ0) is 7.45. The molecule has 2 heteroatoms. The first-order chi connectivity index (χ1) is 4.83. The Morgan fingerprint density at radius 3 is 2.80 bits per heavy atom. The summed E-state index contributed by atoms with van der Waals surface area (Å²) in [5.74, 6) is 0. The summed E-state index contributed by atoms with van der Waals surface area (Å²) in [6.07, 6.45) is 2.51. The SMILES string of the molecule is CCC1(COC)CCNC1. The van der Waals surface area contributed by atoms with Crippen molar-refractivity contribution in [2.24, 2.45) is 5.41 Å². The van der Waals surface area contributed by atoms with Gasteiger partial charge in [-0.05, 0) is 19.4 Å². The first-order valence-electron chi connectivity index (χ1n) is 4.03. The number of hydrogen-bond acceptors (Lipinski definition) is 2. The normalized spacial score (nSPS) is 33.0. The molecule has 1 rings (SSSR count). The molecule has 1 heterocycles. The number of hydrogen-bond donors (Lipinski definition) is 1. The fraction of sp³-hybridized carbons (Fsp3) is 1.00. The van der Waals surface area contributed by atoms with Crippen LogP contribution in [0.3, 0.4) is 0 Å². The van der Waals surface area contributed by atoms with Crippen molar-refractivity contribution in [2.75, 3.05) is 26.8 Å². The molecule has 1 fully saturated rings. The van der Waals surface area contributed by atoms with Crippen molar-refractivity contribution in [2.45, 2.75) is 19.8 Å². The second-order valence-electron chi connectivity index (χ2n) is 3.21. The van der Waals surface area contributed by atoms with Crippen LogP contribution in [0.2, 0.25) is 0 Å². The lowest BCUT2D eigenvalue weighted by Gasteiger charge is -2.24. The topological polar surface area (TPSA) is 21.3 Å². The van der Waals surface area contributed by atoms with Crippen molar-refractivity contribution < 1.29 is 4.74 Å². The summed E-state index contributed by atoms with van der Waals surface area (Å²) in [7, 11) is 1.79. The van der Waals surface area contributed by atoms with Crippen molar-refractivity contribution in [3.63, 3.8) is 0 Å². The highest BCUT2D eigenvalue weighted by atomic mass is 16.5. The third kappa shape index (κ3) is 1.50. The van der Waals surface area contributed by atoms with Crippen LogP contribution in [0.15, 0.2) is 0 Å². The number of rotatable bonds is 3. The largest absolute Gasteiger partial charge is 0.384 e. The van der Waals surface area contributed by atoms with Gasteiger partial charge in [-0.1, -0.05) is 6.92 Å². The summed E-state index contributed by atoms with van der Waals surface area (Å²) in [6, 6.07) is 0. The summed E-state index contributed by atoms with van der Waals surface area (Å²) in [4.78, 5) is 0. The van der Waals surface area contributed by atoms with Gasteiger partial charge in [-0.15, -0.1) is 0 Å². The minimum Gasteiger partial charge on any atom is -0.384 e. The Morgan fingerprint density at radius 1 is 1.60 bits per heavy atom. The maximum atomic E-state index is 5.18. The van der Waals surface area contributed by atoms with E-state index in [4.69, 9.17) is 4.74 Å². The van der Waals surface area contributed by atoms with Crippen molar-refractivity contribution in [1.29, 1.82) is 0 Å². The third-order valence-corrected chi connectivity index (χ3v) is 2.53. The van der Waals surface area contributed by atoms with E-state index in [2.05, 4.69) is 12.2 Å². The molecule has 2 nitrogen and oxygen atoms in total. The Morgan fingerprint density at radius 2 is 2.40 bits per heavy atom. The molecule has 0 spiro atoms. The van der Waals surface area contributed by atoms with Gasteiger partial charge in [0.05, 0.1) is 6.61 Å². The molecular formula is C8H17NO. The minimum absolute atomic E-state index is 0.453. The van der Waals surface area contributed by atoms with Gasteiger partial charge in [-0.2, -0.15) is 0 Å². The molecule has 60 valence electrons. The van der Waals surface area contributed by atoms with E-state index in [1.807, 2.05) is 0 Å². The summed E-state index contributed by atoms with van der Waals surface area (Å²) in [5, 5.41) is 3.37. The molecule has 0 aromatic carbocycles. The summed E-state index contributed by atoms with van der Waals surface area (Å²) in [5.41, 5.74) is 0.453. The number of methoxy groups -OCH3 is 1. The monoisotopic (exact) mass is 143 g/mol. The Kier molecular flexibility index (Phi) is 2.69. The zero-order valence-electron chi connectivity index (χ0n) is 6.94. The van der Waals surface area contributed by atoms with Crippen LogP contribution in [-0.4, -0.2) is 26.8 Å². The molecule has 1 unspecified atom stereocenters. The van der Waals surface area contributed by atoms with Crippen LogP contribution in [-0.2, 0) is 4.74 Å². The number of ether oxygens (including phenoxy) is 1. The number of nitrogens with one attached hydrogen (secondary N) is 1. The Bertz CT molecular complexity index is 97.4. The fourth-order valence-electron chi connectivity index (χ4n) is 1.63. The standard InChI is InChI=1S/C8H17NO/c1-3-8(7-10-2)4-5-9-6-8/h9H,3-7H2,1-2H3. The van der Waals surface area contributed by atoms with Gasteiger partial charge >= 0.3 is 0 Å². The summed E-state index contributed by atoms with van der Waals surface area (Å²) in [6.45, 7) is 5.46. The van der Waals surface area contributed by atoms with E-state index < -0.39 is 0 Å². The fourth-order valence-corrected chi connectivity index (χ4v) is 1.63. The van der Waals surface area contributed by atoms with Crippen LogP contribution in [0.1, 0.15) is 19.8 Å². The minimum atomic E-state index is 0.453. The summed E-state index contributed by atoms with van der Waals surface area (Å²) < 4.78 is 5.18. The van der Waals surface area contributed by atoms with Crippen molar-refractivity contribution in [3.05, 3.63) is 0 Å². The lowest BCUT2D eigenvalue weighted by atomic mass is 9.85. The van der Waals surface area contributed by atoms with Crippen LogP contribution in [0, 0.1) is 5.41 Å². The molecular weight excluding hydrogens is 126 g/mol.